The predicted molar refractivity (Wildman–Crippen MR) is 78.4 cm³/mol. The van der Waals surface area contributed by atoms with Crippen LogP contribution in [0.4, 0.5) is 0 Å². The van der Waals surface area contributed by atoms with Crippen LogP contribution < -0.4 is 10.5 Å². The number of benzene rings is 1. The second kappa shape index (κ2) is 7.01. The third-order valence-electron chi connectivity index (χ3n) is 2.73. The fourth-order valence-corrected chi connectivity index (χ4v) is 2.34. The van der Waals surface area contributed by atoms with Crippen molar-refractivity contribution in [3.8, 4) is 5.75 Å². The molecule has 0 aliphatic carbocycles. The van der Waals surface area contributed by atoms with E-state index in [1.54, 1.807) is 0 Å². The molecule has 0 fully saturated rings. The molecule has 3 heteroatoms. The van der Waals surface area contributed by atoms with Gasteiger partial charge in [0.25, 0.3) is 0 Å². The van der Waals surface area contributed by atoms with Crippen LogP contribution in [0.2, 0.25) is 5.02 Å². The Morgan fingerprint density at radius 1 is 1.22 bits per heavy atom. The van der Waals surface area contributed by atoms with Crippen LogP contribution in [0.15, 0.2) is 18.2 Å². The first-order chi connectivity index (χ1) is 8.40. The maximum absolute atomic E-state index is 6.23. The Labute approximate surface area is 115 Å². The quantitative estimate of drug-likeness (QED) is 0.846. The van der Waals surface area contributed by atoms with Crippen molar-refractivity contribution in [2.75, 3.05) is 0 Å². The van der Waals surface area contributed by atoms with Crippen LogP contribution in [0.3, 0.4) is 0 Å². The van der Waals surface area contributed by atoms with E-state index in [-0.39, 0.29) is 12.1 Å². The van der Waals surface area contributed by atoms with Crippen LogP contribution in [0.1, 0.15) is 39.7 Å². The molecule has 0 bridgehead atoms. The van der Waals surface area contributed by atoms with Crippen molar-refractivity contribution in [3.63, 3.8) is 0 Å². The van der Waals surface area contributed by atoms with Gasteiger partial charge < -0.3 is 10.5 Å². The van der Waals surface area contributed by atoms with E-state index in [2.05, 4.69) is 20.8 Å². The van der Waals surface area contributed by atoms with E-state index < -0.39 is 0 Å². The number of hydrogen-bond acceptors (Lipinski definition) is 2. The molecule has 0 spiro atoms. The molecule has 0 aromatic heterocycles. The van der Waals surface area contributed by atoms with Crippen molar-refractivity contribution in [2.24, 2.45) is 11.7 Å². The van der Waals surface area contributed by atoms with Crippen LogP contribution in [-0.4, -0.2) is 12.1 Å². The standard InChI is InChI=1S/C15H24ClNO/c1-10(2)8-12(4)18-15-7-5-6-14(16)13(15)9-11(3)17/h5-7,10-12H,8-9,17H2,1-4H3. The van der Waals surface area contributed by atoms with Crippen molar-refractivity contribution in [1.29, 1.82) is 0 Å². The molecule has 0 aliphatic rings. The van der Waals surface area contributed by atoms with Gasteiger partial charge in [0, 0.05) is 16.6 Å². The highest BCUT2D eigenvalue weighted by molar-refractivity contribution is 6.31. The minimum atomic E-state index is 0.0765. The molecular weight excluding hydrogens is 246 g/mol. The molecule has 18 heavy (non-hydrogen) atoms. The first kappa shape index (κ1) is 15.3. The summed E-state index contributed by atoms with van der Waals surface area (Å²) in [5.74, 6) is 1.49. The molecule has 102 valence electrons. The van der Waals surface area contributed by atoms with Crippen molar-refractivity contribution in [3.05, 3.63) is 28.8 Å². The zero-order valence-electron chi connectivity index (χ0n) is 11.7. The summed E-state index contributed by atoms with van der Waals surface area (Å²) in [5, 5.41) is 0.738. The highest BCUT2D eigenvalue weighted by Gasteiger charge is 2.13. The van der Waals surface area contributed by atoms with Gasteiger partial charge >= 0.3 is 0 Å². The molecule has 2 atom stereocenters. The third kappa shape index (κ3) is 4.87. The lowest BCUT2D eigenvalue weighted by Gasteiger charge is -2.20. The van der Waals surface area contributed by atoms with Gasteiger partial charge in [0.05, 0.1) is 6.10 Å². The number of nitrogens with two attached hydrogens (primary N) is 1. The lowest BCUT2D eigenvalue weighted by molar-refractivity contribution is 0.191. The van der Waals surface area contributed by atoms with Crippen molar-refractivity contribution in [1.82, 2.24) is 0 Å². The number of ether oxygens (including phenoxy) is 1. The maximum atomic E-state index is 6.23. The summed E-state index contributed by atoms with van der Waals surface area (Å²) in [6.07, 6.45) is 1.96. The van der Waals surface area contributed by atoms with E-state index in [1.807, 2.05) is 25.1 Å². The van der Waals surface area contributed by atoms with Crippen LogP contribution in [0.25, 0.3) is 0 Å². The van der Waals surface area contributed by atoms with E-state index in [0.29, 0.717) is 5.92 Å². The van der Waals surface area contributed by atoms with Crippen LogP contribution in [0, 0.1) is 5.92 Å². The molecule has 2 nitrogen and oxygen atoms in total. The molecule has 2 N–H and O–H groups in total. The van der Waals surface area contributed by atoms with E-state index in [4.69, 9.17) is 22.1 Å². The number of halogens is 1. The molecule has 2 unspecified atom stereocenters. The van der Waals surface area contributed by atoms with E-state index in [0.717, 1.165) is 29.2 Å². The average molecular weight is 270 g/mol. The van der Waals surface area contributed by atoms with E-state index in [9.17, 15) is 0 Å². The van der Waals surface area contributed by atoms with Gasteiger partial charge in [0.15, 0.2) is 0 Å². The molecule has 1 rings (SSSR count). The lowest BCUT2D eigenvalue weighted by Crippen LogP contribution is -2.20. The zero-order valence-corrected chi connectivity index (χ0v) is 12.5. The summed E-state index contributed by atoms with van der Waals surface area (Å²) < 4.78 is 6.00. The molecule has 0 heterocycles. The Hall–Kier alpha value is -0.730. The first-order valence-electron chi connectivity index (χ1n) is 6.59. The average Bonchev–Trinajstić information content (AvgIpc) is 2.21. The minimum Gasteiger partial charge on any atom is -0.490 e. The Bertz CT molecular complexity index is 377. The van der Waals surface area contributed by atoms with Gasteiger partial charge in [-0.25, -0.2) is 0 Å². The normalized spacial score (nSPS) is 14.6. The number of hydrogen-bond donors (Lipinski definition) is 1. The van der Waals surface area contributed by atoms with Crippen molar-refractivity contribution in [2.45, 2.75) is 52.7 Å². The minimum absolute atomic E-state index is 0.0765. The summed E-state index contributed by atoms with van der Waals surface area (Å²) in [6, 6.07) is 5.86. The van der Waals surface area contributed by atoms with E-state index in [1.165, 1.54) is 0 Å². The maximum Gasteiger partial charge on any atom is 0.124 e. The summed E-state index contributed by atoms with van der Waals surface area (Å²) in [7, 11) is 0. The van der Waals surface area contributed by atoms with Crippen molar-refractivity contribution >= 4 is 11.6 Å². The third-order valence-corrected chi connectivity index (χ3v) is 3.09. The highest BCUT2D eigenvalue weighted by Crippen LogP contribution is 2.29. The SMILES string of the molecule is CC(C)CC(C)Oc1cccc(Cl)c1CC(C)N. The summed E-state index contributed by atoms with van der Waals surface area (Å²) in [5.41, 5.74) is 6.88. The Balaban J connectivity index is 2.84. The summed E-state index contributed by atoms with van der Waals surface area (Å²) in [4.78, 5) is 0. The molecular formula is C15H24ClNO. The molecule has 0 aliphatic heterocycles. The van der Waals surface area contributed by atoms with Gasteiger partial charge in [-0.2, -0.15) is 0 Å². The second-order valence-electron chi connectivity index (χ2n) is 5.46. The molecule has 0 radical (unpaired) electrons. The van der Waals surface area contributed by atoms with Gasteiger partial charge in [0.2, 0.25) is 0 Å². The zero-order chi connectivity index (χ0) is 13.7. The van der Waals surface area contributed by atoms with Crippen molar-refractivity contribution < 1.29 is 4.74 Å². The molecule has 1 aromatic rings. The second-order valence-corrected chi connectivity index (χ2v) is 5.86. The lowest BCUT2D eigenvalue weighted by atomic mass is 10.1. The Morgan fingerprint density at radius 2 is 1.89 bits per heavy atom. The summed E-state index contributed by atoms with van der Waals surface area (Å²) >= 11 is 6.23. The fourth-order valence-electron chi connectivity index (χ4n) is 2.10. The summed E-state index contributed by atoms with van der Waals surface area (Å²) in [6.45, 7) is 8.46. The topological polar surface area (TPSA) is 35.2 Å². The predicted octanol–water partition coefficient (Wildman–Crippen LogP) is 4.04. The molecule has 0 amide bonds. The Kier molecular flexibility index (Phi) is 5.97. The Morgan fingerprint density at radius 3 is 2.44 bits per heavy atom. The van der Waals surface area contributed by atoms with Gasteiger partial charge in [-0.15, -0.1) is 0 Å². The van der Waals surface area contributed by atoms with Gasteiger partial charge in [-0.05, 0) is 44.7 Å². The fraction of sp³-hybridized carbons (Fsp3) is 0.600. The van der Waals surface area contributed by atoms with Crippen LogP contribution >= 0.6 is 11.6 Å². The smallest absolute Gasteiger partial charge is 0.124 e. The van der Waals surface area contributed by atoms with Gasteiger partial charge in [0.1, 0.15) is 5.75 Å². The largest absolute Gasteiger partial charge is 0.490 e. The van der Waals surface area contributed by atoms with Gasteiger partial charge in [-0.3, -0.25) is 0 Å². The first-order valence-corrected chi connectivity index (χ1v) is 6.97. The molecule has 0 saturated heterocycles. The van der Waals surface area contributed by atoms with Crippen LogP contribution in [0.5, 0.6) is 5.75 Å². The highest BCUT2D eigenvalue weighted by atomic mass is 35.5. The molecule has 0 saturated carbocycles. The van der Waals surface area contributed by atoms with Gasteiger partial charge in [-0.1, -0.05) is 31.5 Å². The monoisotopic (exact) mass is 269 g/mol. The number of rotatable bonds is 6. The van der Waals surface area contributed by atoms with E-state index >= 15 is 0 Å². The van der Waals surface area contributed by atoms with Crippen LogP contribution in [-0.2, 0) is 6.42 Å². The molecule has 1 aromatic carbocycles.